The minimum absolute atomic E-state index is 0.0543. The van der Waals surface area contributed by atoms with Gasteiger partial charge in [0.05, 0.1) is 17.2 Å². The Balaban J connectivity index is 1.41. The highest BCUT2D eigenvalue weighted by molar-refractivity contribution is 6.21. The van der Waals surface area contributed by atoms with Crippen molar-refractivity contribution in [3.05, 3.63) is 35.4 Å². The van der Waals surface area contributed by atoms with Crippen molar-refractivity contribution in [1.29, 1.82) is 0 Å². The van der Waals surface area contributed by atoms with E-state index in [0.717, 1.165) is 24.3 Å². The summed E-state index contributed by atoms with van der Waals surface area (Å²) >= 11 is 0. The maximum atomic E-state index is 12.2. The first kappa shape index (κ1) is 17.3. The Hall–Kier alpha value is -2.54. The summed E-state index contributed by atoms with van der Waals surface area (Å²) in [5, 5.41) is 3.06. The van der Waals surface area contributed by atoms with Crippen LogP contribution in [0.2, 0.25) is 0 Å². The number of Topliss-reactive ketones (excluding diaryl/α,β-unsaturated/α-hetero) is 1. The van der Waals surface area contributed by atoms with Crippen molar-refractivity contribution in [2.45, 2.75) is 31.7 Å². The van der Waals surface area contributed by atoms with E-state index in [2.05, 4.69) is 5.32 Å². The van der Waals surface area contributed by atoms with E-state index < -0.39 is 5.97 Å². The molecule has 1 unspecified atom stereocenters. The molecule has 1 saturated heterocycles. The molecule has 0 saturated carbocycles. The van der Waals surface area contributed by atoms with Crippen molar-refractivity contribution in [3.8, 4) is 0 Å². The molecule has 1 atom stereocenters. The molecular weight excluding hydrogens is 324 g/mol. The average molecular weight is 344 g/mol. The second kappa shape index (κ2) is 7.57. The third-order valence-corrected chi connectivity index (χ3v) is 4.47. The van der Waals surface area contributed by atoms with Gasteiger partial charge in [0.15, 0.2) is 12.4 Å². The number of nitrogens with one attached hydrogen (secondary N) is 1. The number of benzene rings is 1. The van der Waals surface area contributed by atoms with Gasteiger partial charge < -0.3 is 10.1 Å². The van der Waals surface area contributed by atoms with Gasteiger partial charge in [0, 0.05) is 13.0 Å². The summed E-state index contributed by atoms with van der Waals surface area (Å²) in [7, 11) is 0. The van der Waals surface area contributed by atoms with Gasteiger partial charge in [-0.05, 0) is 37.9 Å². The molecular formula is C18H20N2O5. The number of esters is 1. The van der Waals surface area contributed by atoms with E-state index in [4.69, 9.17) is 4.74 Å². The second-order valence-corrected chi connectivity index (χ2v) is 6.19. The zero-order valence-electron chi connectivity index (χ0n) is 13.8. The predicted molar refractivity (Wildman–Crippen MR) is 88.0 cm³/mol. The van der Waals surface area contributed by atoms with Crippen molar-refractivity contribution in [2.24, 2.45) is 0 Å². The van der Waals surface area contributed by atoms with Gasteiger partial charge in [-0.25, -0.2) is 0 Å². The zero-order valence-corrected chi connectivity index (χ0v) is 13.8. The van der Waals surface area contributed by atoms with Crippen LogP contribution in [0.4, 0.5) is 0 Å². The van der Waals surface area contributed by atoms with Crippen molar-refractivity contribution in [3.63, 3.8) is 0 Å². The smallest absolute Gasteiger partial charge is 0.306 e. The van der Waals surface area contributed by atoms with Crippen molar-refractivity contribution in [1.82, 2.24) is 10.2 Å². The highest BCUT2D eigenvalue weighted by Crippen LogP contribution is 2.22. The fraction of sp³-hybridized carbons (Fsp3) is 0.444. The van der Waals surface area contributed by atoms with Crippen LogP contribution < -0.4 is 5.32 Å². The summed E-state index contributed by atoms with van der Waals surface area (Å²) in [5.74, 6) is -1.29. The van der Waals surface area contributed by atoms with Crippen molar-refractivity contribution in [2.75, 3.05) is 19.7 Å². The zero-order chi connectivity index (χ0) is 17.8. The third kappa shape index (κ3) is 3.76. The number of ether oxygens (including phenoxy) is 1. The summed E-state index contributed by atoms with van der Waals surface area (Å²) < 4.78 is 4.98. The SMILES string of the molecule is O=C(CCCN1C(=O)c2ccccc2C1=O)OCC(=O)C1CCCN1. The van der Waals surface area contributed by atoms with Crippen molar-refractivity contribution < 1.29 is 23.9 Å². The number of imide groups is 1. The standard InChI is InChI=1S/C18H20N2O5/c21-15(14-7-3-9-19-14)11-25-16(22)8-4-10-20-17(23)12-5-1-2-6-13(12)18(20)24/h1-2,5-6,14,19H,3-4,7-11H2. The van der Waals surface area contributed by atoms with Gasteiger partial charge in [0.2, 0.25) is 0 Å². The van der Waals surface area contributed by atoms with E-state index in [1.807, 2.05) is 0 Å². The van der Waals surface area contributed by atoms with Crippen LogP contribution in [0.3, 0.4) is 0 Å². The summed E-state index contributed by atoms with van der Waals surface area (Å²) in [6, 6.07) is 6.44. The maximum absolute atomic E-state index is 12.2. The molecule has 1 fully saturated rings. The molecule has 2 aliphatic heterocycles. The molecule has 7 heteroatoms. The maximum Gasteiger partial charge on any atom is 0.306 e. The molecule has 0 bridgehead atoms. The number of amides is 2. The normalized spacial score (nSPS) is 19.2. The molecule has 2 heterocycles. The quantitative estimate of drug-likeness (QED) is 0.584. The number of ketones is 1. The summed E-state index contributed by atoms with van der Waals surface area (Å²) in [5.41, 5.74) is 0.787. The number of carbonyl (C=O) groups is 4. The Bertz CT molecular complexity index is 674. The first-order chi connectivity index (χ1) is 12.1. The molecule has 2 amide bonds. The molecule has 2 aliphatic rings. The van der Waals surface area contributed by atoms with Gasteiger partial charge in [-0.2, -0.15) is 0 Å². The molecule has 132 valence electrons. The topological polar surface area (TPSA) is 92.8 Å². The number of rotatable bonds is 7. The lowest BCUT2D eigenvalue weighted by Gasteiger charge is -2.13. The Labute approximate surface area is 145 Å². The van der Waals surface area contributed by atoms with Crippen molar-refractivity contribution >= 4 is 23.6 Å². The molecule has 0 spiro atoms. The third-order valence-electron chi connectivity index (χ3n) is 4.47. The molecule has 3 rings (SSSR count). The van der Waals surface area contributed by atoms with Crippen LogP contribution in [-0.4, -0.2) is 54.2 Å². The minimum atomic E-state index is -0.497. The Morgan fingerprint density at radius 3 is 2.44 bits per heavy atom. The van der Waals surface area contributed by atoms with Crippen LogP contribution in [0.15, 0.2) is 24.3 Å². The number of carbonyl (C=O) groups excluding carboxylic acids is 4. The van der Waals surface area contributed by atoms with Gasteiger partial charge in [-0.15, -0.1) is 0 Å². The van der Waals surface area contributed by atoms with E-state index in [-0.39, 0.29) is 43.2 Å². The fourth-order valence-corrected chi connectivity index (χ4v) is 3.11. The van der Waals surface area contributed by atoms with Crippen LogP contribution in [0.1, 0.15) is 46.4 Å². The van der Waals surface area contributed by atoms with Gasteiger partial charge in [0.1, 0.15) is 0 Å². The molecule has 1 aromatic rings. The fourth-order valence-electron chi connectivity index (χ4n) is 3.11. The molecule has 7 nitrogen and oxygen atoms in total. The summed E-state index contributed by atoms with van der Waals surface area (Å²) in [6.45, 7) is 0.730. The van der Waals surface area contributed by atoms with E-state index >= 15 is 0 Å². The van der Waals surface area contributed by atoms with E-state index in [1.54, 1.807) is 24.3 Å². The van der Waals surface area contributed by atoms with Crippen LogP contribution in [0, 0.1) is 0 Å². The molecule has 0 radical (unpaired) electrons. The average Bonchev–Trinajstić information content (AvgIpc) is 3.23. The van der Waals surface area contributed by atoms with E-state index in [1.165, 1.54) is 0 Å². The Kier molecular flexibility index (Phi) is 5.23. The molecule has 0 aromatic heterocycles. The Morgan fingerprint density at radius 1 is 1.16 bits per heavy atom. The van der Waals surface area contributed by atoms with Gasteiger partial charge in [0.25, 0.3) is 11.8 Å². The molecule has 0 aliphatic carbocycles. The Morgan fingerprint density at radius 2 is 1.84 bits per heavy atom. The van der Waals surface area contributed by atoms with Crippen LogP contribution in [-0.2, 0) is 14.3 Å². The monoisotopic (exact) mass is 344 g/mol. The van der Waals surface area contributed by atoms with E-state index in [0.29, 0.717) is 17.5 Å². The highest BCUT2D eigenvalue weighted by Gasteiger charge is 2.34. The summed E-state index contributed by atoms with van der Waals surface area (Å²) in [6.07, 6.45) is 2.08. The molecule has 25 heavy (non-hydrogen) atoms. The lowest BCUT2D eigenvalue weighted by atomic mass is 10.1. The molecule has 1 N–H and O–H groups in total. The largest absolute Gasteiger partial charge is 0.458 e. The van der Waals surface area contributed by atoms with E-state index in [9.17, 15) is 19.2 Å². The number of hydrogen-bond acceptors (Lipinski definition) is 6. The number of fused-ring (bicyclic) bond motifs is 1. The second-order valence-electron chi connectivity index (χ2n) is 6.19. The lowest BCUT2D eigenvalue weighted by Crippen LogP contribution is -2.34. The first-order valence-electron chi connectivity index (χ1n) is 8.45. The lowest BCUT2D eigenvalue weighted by molar-refractivity contribution is -0.148. The van der Waals surface area contributed by atoms with Crippen LogP contribution >= 0.6 is 0 Å². The molecule has 1 aromatic carbocycles. The summed E-state index contributed by atoms with van der Waals surface area (Å²) in [4.78, 5) is 49.1. The minimum Gasteiger partial charge on any atom is -0.458 e. The predicted octanol–water partition coefficient (Wildman–Crippen LogP) is 0.927. The number of hydrogen-bond donors (Lipinski definition) is 1. The van der Waals surface area contributed by atoms with Crippen LogP contribution in [0.5, 0.6) is 0 Å². The first-order valence-corrected chi connectivity index (χ1v) is 8.45. The van der Waals surface area contributed by atoms with Crippen LogP contribution in [0.25, 0.3) is 0 Å². The highest BCUT2D eigenvalue weighted by atomic mass is 16.5. The van der Waals surface area contributed by atoms with Gasteiger partial charge in [-0.3, -0.25) is 24.1 Å². The number of nitrogens with zero attached hydrogens (tertiary/aromatic N) is 1. The van der Waals surface area contributed by atoms with Gasteiger partial charge in [-0.1, -0.05) is 12.1 Å². The van der Waals surface area contributed by atoms with Gasteiger partial charge >= 0.3 is 5.97 Å².